The Hall–Kier alpha value is -2.80. The summed E-state index contributed by atoms with van der Waals surface area (Å²) in [5.74, 6) is -0.712. The van der Waals surface area contributed by atoms with Gasteiger partial charge in [0.25, 0.3) is 0 Å². The molecule has 0 spiro atoms. The largest absolute Gasteiger partial charge is 0.508 e. The van der Waals surface area contributed by atoms with E-state index in [0.717, 1.165) is 28.3 Å². The smallest absolute Gasteiger partial charge is 0.463 e. The van der Waals surface area contributed by atoms with Crippen LogP contribution < -0.4 is 0 Å². The molecule has 0 saturated carbocycles. The number of carbonyl (C=O) groups is 4. The summed E-state index contributed by atoms with van der Waals surface area (Å²) in [4.78, 5) is 45.5. The molecule has 0 N–H and O–H groups in total. The Bertz CT molecular complexity index is 547. The van der Waals surface area contributed by atoms with E-state index in [9.17, 15) is 24.3 Å². The molecule has 1 radical (unpaired) electrons. The Morgan fingerprint density at radius 1 is 0.778 bits per heavy atom. The summed E-state index contributed by atoms with van der Waals surface area (Å²) in [6, 6.07) is 0. The van der Waals surface area contributed by atoms with E-state index in [1.165, 1.54) is 0 Å². The van der Waals surface area contributed by atoms with Gasteiger partial charge in [0.05, 0.1) is 21.3 Å². The van der Waals surface area contributed by atoms with Crippen LogP contribution in [0.25, 0.3) is 0 Å². The van der Waals surface area contributed by atoms with E-state index in [0.29, 0.717) is 0 Å². The third kappa shape index (κ3) is 6.45. The molecule has 0 aromatic carbocycles. The Morgan fingerprint density at radius 3 is 1.67 bits per heavy atom. The minimum atomic E-state index is -2.10. The summed E-state index contributed by atoms with van der Waals surface area (Å²) in [6.07, 6.45) is -12.2. The average Bonchev–Trinajstić information content (AvgIpc) is 2.64. The highest BCUT2D eigenvalue weighted by atomic mass is 16.8. The lowest BCUT2D eigenvalue weighted by Crippen LogP contribution is -2.62. The molecule has 0 aliphatic carbocycles. The van der Waals surface area contributed by atoms with Gasteiger partial charge in [-0.1, -0.05) is 0 Å². The summed E-state index contributed by atoms with van der Waals surface area (Å²) in [6.45, 7) is 0.570. The molecule has 0 bridgehead atoms. The molecule has 1 heterocycles. The molecule has 0 aromatic heterocycles. The van der Waals surface area contributed by atoms with Gasteiger partial charge in [0.15, 0.2) is 18.3 Å². The van der Waals surface area contributed by atoms with Crippen LogP contribution in [0.5, 0.6) is 0 Å². The van der Waals surface area contributed by atoms with Crippen molar-refractivity contribution in [2.75, 3.05) is 27.9 Å². The average molecular weight is 395 g/mol. The fourth-order valence-corrected chi connectivity index (χ4v) is 2.09. The number of carbonyl (C=O) groups excluding carboxylic acids is 4. The molecule has 1 saturated heterocycles. The SMILES string of the molecule is COC(=O)O[C@@H]1[C@@H](OC(=O)OC)[C@H]([O])O[C@H](COC(C)=O)[C@H]1OC(=O)OC. The van der Waals surface area contributed by atoms with Crippen molar-refractivity contribution in [3.8, 4) is 0 Å². The molecule has 1 aliphatic heterocycles. The zero-order valence-corrected chi connectivity index (χ0v) is 14.9. The predicted molar refractivity (Wildman–Crippen MR) is 77.8 cm³/mol. The summed E-state index contributed by atoms with van der Waals surface area (Å²) >= 11 is 0. The molecule has 153 valence electrons. The van der Waals surface area contributed by atoms with Gasteiger partial charge < -0.3 is 37.9 Å². The van der Waals surface area contributed by atoms with Crippen LogP contribution in [-0.2, 0) is 47.8 Å². The first kappa shape index (κ1) is 22.2. The summed E-state index contributed by atoms with van der Waals surface area (Å²) < 4.78 is 37.5. The molecule has 1 rings (SSSR count). The molecule has 0 amide bonds. The Morgan fingerprint density at radius 2 is 1.22 bits per heavy atom. The lowest BCUT2D eigenvalue weighted by atomic mass is 9.98. The minimum absolute atomic E-state index is 0.526. The third-order valence-corrected chi connectivity index (χ3v) is 3.24. The van der Waals surface area contributed by atoms with Gasteiger partial charge in [-0.3, -0.25) is 4.79 Å². The van der Waals surface area contributed by atoms with E-state index in [1.54, 1.807) is 0 Å². The van der Waals surface area contributed by atoms with Crippen molar-refractivity contribution in [2.24, 2.45) is 0 Å². The van der Waals surface area contributed by atoms with Crippen LogP contribution in [0, 0.1) is 0 Å². The molecular weight excluding hydrogens is 376 g/mol. The number of esters is 1. The first-order chi connectivity index (χ1) is 12.7. The number of hydrogen-bond acceptors (Lipinski definition) is 12. The Balaban J connectivity index is 3.18. The van der Waals surface area contributed by atoms with E-state index in [2.05, 4.69) is 14.2 Å². The second kappa shape index (κ2) is 10.4. The maximum Gasteiger partial charge on any atom is 0.508 e. The molecule has 1 aliphatic rings. The standard InChI is InChI=1S/C14H19O13/c1-6(15)23-5-7-8(25-12(17)20-2)9(26-13(18)21-3)10(11(16)24-7)27-14(19)22-4/h7-11H,5H2,1-4H3/t7-,8-,9+,10-,11-/m1/s1. The summed E-state index contributed by atoms with van der Waals surface area (Å²) in [5.41, 5.74) is 0. The van der Waals surface area contributed by atoms with E-state index in [1.807, 2.05) is 0 Å². The first-order valence-electron chi connectivity index (χ1n) is 7.41. The van der Waals surface area contributed by atoms with Crippen molar-refractivity contribution in [3.63, 3.8) is 0 Å². The molecule has 0 aromatic rings. The van der Waals surface area contributed by atoms with Gasteiger partial charge in [0, 0.05) is 6.92 Å². The van der Waals surface area contributed by atoms with Crippen molar-refractivity contribution in [1.29, 1.82) is 0 Å². The van der Waals surface area contributed by atoms with Gasteiger partial charge in [-0.2, -0.15) is 5.11 Å². The fraction of sp³-hybridized carbons (Fsp3) is 0.714. The van der Waals surface area contributed by atoms with E-state index in [4.69, 9.17) is 23.7 Å². The van der Waals surface area contributed by atoms with Crippen LogP contribution in [0.1, 0.15) is 6.92 Å². The number of methoxy groups -OCH3 is 3. The van der Waals surface area contributed by atoms with Crippen molar-refractivity contribution < 1.29 is 62.2 Å². The topological polar surface area (TPSA) is 162 Å². The number of rotatable bonds is 5. The van der Waals surface area contributed by atoms with Crippen molar-refractivity contribution in [1.82, 2.24) is 0 Å². The second-order valence-electron chi connectivity index (χ2n) is 4.96. The zero-order valence-electron chi connectivity index (χ0n) is 14.9. The highest BCUT2D eigenvalue weighted by Crippen LogP contribution is 2.29. The normalized spacial score (nSPS) is 26.9. The zero-order chi connectivity index (χ0) is 20.6. The molecule has 27 heavy (non-hydrogen) atoms. The monoisotopic (exact) mass is 395 g/mol. The summed E-state index contributed by atoms with van der Waals surface area (Å²) in [7, 11) is 2.97. The second-order valence-corrected chi connectivity index (χ2v) is 4.96. The van der Waals surface area contributed by atoms with Gasteiger partial charge in [0.1, 0.15) is 12.7 Å². The molecular formula is C14H19O13. The van der Waals surface area contributed by atoms with E-state index >= 15 is 0 Å². The summed E-state index contributed by atoms with van der Waals surface area (Å²) in [5, 5.41) is 12.3. The van der Waals surface area contributed by atoms with Crippen molar-refractivity contribution in [3.05, 3.63) is 0 Å². The van der Waals surface area contributed by atoms with Crippen LogP contribution in [0.15, 0.2) is 0 Å². The van der Waals surface area contributed by atoms with Gasteiger partial charge in [-0.15, -0.1) is 0 Å². The molecule has 13 heteroatoms. The molecule has 0 unspecified atom stereocenters. The van der Waals surface area contributed by atoms with Gasteiger partial charge in [-0.25, -0.2) is 14.4 Å². The van der Waals surface area contributed by atoms with Crippen LogP contribution in [0.4, 0.5) is 14.4 Å². The lowest BCUT2D eigenvalue weighted by molar-refractivity contribution is -0.306. The van der Waals surface area contributed by atoms with Gasteiger partial charge >= 0.3 is 24.4 Å². The van der Waals surface area contributed by atoms with Crippen LogP contribution in [0.2, 0.25) is 0 Å². The fourth-order valence-electron chi connectivity index (χ4n) is 2.09. The maximum absolute atomic E-state index is 12.3. The third-order valence-electron chi connectivity index (χ3n) is 3.24. The first-order valence-corrected chi connectivity index (χ1v) is 7.41. The molecule has 1 fully saturated rings. The van der Waals surface area contributed by atoms with Gasteiger partial charge in [0.2, 0.25) is 6.29 Å². The van der Waals surface area contributed by atoms with Crippen molar-refractivity contribution in [2.45, 2.75) is 37.6 Å². The van der Waals surface area contributed by atoms with E-state index in [-0.39, 0.29) is 0 Å². The van der Waals surface area contributed by atoms with Gasteiger partial charge in [-0.05, 0) is 0 Å². The quantitative estimate of drug-likeness (QED) is 0.458. The highest BCUT2D eigenvalue weighted by molar-refractivity contribution is 5.66. The Labute approximate surface area is 153 Å². The lowest BCUT2D eigenvalue weighted by Gasteiger charge is -2.41. The predicted octanol–water partition coefficient (Wildman–Crippen LogP) is 0.160. The van der Waals surface area contributed by atoms with Crippen molar-refractivity contribution >= 4 is 24.4 Å². The van der Waals surface area contributed by atoms with E-state index < -0.39 is 61.7 Å². The number of ether oxygens (including phenoxy) is 8. The van der Waals surface area contributed by atoms with Crippen LogP contribution in [0.3, 0.4) is 0 Å². The minimum Gasteiger partial charge on any atom is -0.463 e. The number of hydrogen-bond donors (Lipinski definition) is 0. The Kier molecular flexibility index (Phi) is 8.55. The van der Waals surface area contributed by atoms with Crippen LogP contribution in [-0.4, -0.2) is 83.1 Å². The highest BCUT2D eigenvalue weighted by Gasteiger charge is 2.53. The van der Waals surface area contributed by atoms with Crippen LogP contribution >= 0.6 is 0 Å². The molecule has 13 nitrogen and oxygen atoms in total. The molecule has 5 atom stereocenters. The maximum atomic E-state index is 12.3.